The van der Waals surface area contributed by atoms with E-state index in [9.17, 15) is 8.42 Å². The van der Waals surface area contributed by atoms with E-state index in [4.69, 9.17) is 5.73 Å². The van der Waals surface area contributed by atoms with Crippen molar-refractivity contribution in [2.24, 2.45) is 10.7 Å². The largest absolute Gasteiger partial charge is 0.370 e. The second-order valence-electron chi connectivity index (χ2n) is 4.52. The van der Waals surface area contributed by atoms with Crippen molar-refractivity contribution in [1.82, 2.24) is 5.32 Å². The average Bonchev–Trinajstić information content (AvgIpc) is 2.24. The smallest absolute Gasteiger partial charge is 0.188 e. The number of hydrogen-bond donors (Lipinski definition) is 2. The van der Waals surface area contributed by atoms with Crippen LogP contribution in [0.25, 0.3) is 0 Å². The van der Waals surface area contributed by atoms with Gasteiger partial charge in [-0.1, -0.05) is 18.6 Å². The standard InChI is InChI=1S/C11H21N3O2S.HI/c1-9(2)7-13-11(12)14-8-10-5-3-4-6-17(10,15)16;/h10H,1,3-8H2,2H3,(H3,12,13,14);1H. The predicted octanol–water partition coefficient (Wildman–Crippen LogP) is 1.05. The summed E-state index contributed by atoms with van der Waals surface area (Å²) in [6.45, 7) is 6.40. The molecule has 0 aromatic rings. The lowest BCUT2D eigenvalue weighted by molar-refractivity contribution is 0.535. The van der Waals surface area contributed by atoms with Crippen molar-refractivity contribution in [3.63, 3.8) is 0 Å². The van der Waals surface area contributed by atoms with Gasteiger partial charge in [-0.3, -0.25) is 0 Å². The minimum absolute atomic E-state index is 0. The number of rotatable bonds is 4. The van der Waals surface area contributed by atoms with E-state index in [1.807, 2.05) is 6.92 Å². The zero-order chi connectivity index (χ0) is 12.9. The van der Waals surface area contributed by atoms with E-state index in [-0.39, 0.29) is 35.2 Å². The van der Waals surface area contributed by atoms with Gasteiger partial charge in [-0.05, 0) is 19.8 Å². The molecule has 0 radical (unpaired) electrons. The molecule has 1 aliphatic rings. The summed E-state index contributed by atoms with van der Waals surface area (Å²) in [5.41, 5.74) is 6.55. The van der Waals surface area contributed by atoms with Gasteiger partial charge in [0.2, 0.25) is 0 Å². The van der Waals surface area contributed by atoms with E-state index < -0.39 is 9.84 Å². The lowest BCUT2D eigenvalue weighted by Crippen LogP contribution is -2.42. The highest BCUT2D eigenvalue weighted by Gasteiger charge is 2.28. The van der Waals surface area contributed by atoms with E-state index in [1.54, 1.807) is 0 Å². The maximum absolute atomic E-state index is 11.7. The normalized spacial score (nSPS) is 22.9. The Kier molecular flexibility index (Phi) is 7.84. The average molecular weight is 387 g/mol. The lowest BCUT2D eigenvalue weighted by Gasteiger charge is -2.22. The first kappa shape index (κ1) is 17.7. The van der Waals surface area contributed by atoms with Crippen LogP contribution in [0.4, 0.5) is 0 Å². The predicted molar refractivity (Wildman–Crippen MR) is 86.1 cm³/mol. The second-order valence-corrected chi connectivity index (χ2v) is 6.92. The van der Waals surface area contributed by atoms with E-state index in [0.717, 1.165) is 18.4 Å². The van der Waals surface area contributed by atoms with Gasteiger partial charge in [-0.15, -0.1) is 24.0 Å². The number of nitrogens with one attached hydrogen (secondary N) is 1. The summed E-state index contributed by atoms with van der Waals surface area (Å²) in [5, 5.41) is 2.55. The highest BCUT2D eigenvalue weighted by molar-refractivity contribution is 14.0. The van der Waals surface area contributed by atoms with Crippen molar-refractivity contribution >= 4 is 39.8 Å². The number of guanidine groups is 1. The molecule has 0 aliphatic carbocycles. The molecule has 1 rings (SSSR count). The fourth-order valence-corrected chi connectivity index (χ4v) is 3.55. The fraction of sp³-hybridized carbons (Fsp3) is 0.727. The summed E-state index contributed by atoms with van der Waals surface area (Å²) in [7, 11) is -2.94. The van der Waals surface area contributed by atoms with Crippen LogP contribution in [0.1, 0.15) is 26.2 Å². The number of aliphatic imine (C=N–C) groups is 1. The van der Waals surface area contributed by atoms with Gasteiger partial charge in [0, 0.05) is 6.54 Å². The highest BCUT2D eigenvalue weighted by atomic mass is 127. The maximum Gasteiger partial charge on any atom is 0.188 e. The number of hydrogen-bond acceptors (Lipinski definition) is 3. The van der Waals surface area contributed by atoms with Gasteiger partial charge >= 0.3 is 0 Å². The third-order valence-corrected chi connectivity index (χ3v) is 5.02. The van der Waals surface area contributed by atoms with Gasteiger partial charge in [0.1, 0.15) is 0 Å². The molecule has 1 unspecified atom stereocenters. The number of sulfone groups is 1. The van der Waals surface area contributed by atoms with Crippen molar-refractivity contribution < 1.29 is 8.42 Å². The minimum atomic E-state index is -2.94. The summed E-state index contributed by atoms with van der Waals surface area (Å²) in [4.78, 5) is 4.04. The molecule has 106 valence electrons. The number of nitrogens with two attached hydrogens (primary N) is 1. The third kappa shape index (κ3) is 6.03. The monoisotopic (exact) mass is 387 g/mol. The molecule has 0 spiro atoms. The lowest BCUT2D eigenvalue weighted by atomic mass is 10.2. The van der Waals surface area contributed by atoms with Gasteiger partial charge < -0.3 is 11.1 Å². The SMILES string of the molecule is C=C(C)CN=C(N)NCC1CCCCS1(=O)=O.I. The van der Waals surface area contributed by atoms with Crippen LogP contribution in [0, 0.1) is 0 Å². The van der Waals surface area contributed by atoms with Crippen molar-refractivity contribution in [3.8, 4) is 0 Å². The van der Waals surface area contributed by atoms with Crippen molar-refractivity contribution in [3.05, 3.63) is 12.2 Å². The summed E-state index contributed by atoms with van der Waals surface area (Å²) in [5.74, 6) is 0.580. The zero-order valence-corrected chi connectivity index (χ0v) is 13.8. The molecular formula is C11H22IN3O2S. The van der Waals surface area contributed by atoms with Crippen LogP contribution in [-0.2, 0) is 9.84 Å². The molecule has 1 fully saturated rings. The first-order chi connectivity index (χ1) is 7.92. The molecule has 1 saturated heterocycles. The number of halogens is 1. The van der Waals surface area contributed by atoms with Crippen LogP contribution in [0.2, 0.25) is 0 Å². The maximum atomic E-state index is 11.7. The number of nitrogens with zero attached hydrogens (tertiary/aromatic N) is 1. The van der Waals surface area contributed by atoms with Gasteiger partial charge in [0.25, 0.3) is 0 Å². The molecule has 0 amide bonds. The summed E-state index contributed by atoms with van der Waals surface area (Å²) >= 11 is 0. The molecule has 0 bridgehead atoms. The Morgan fingerprint density at radius 1 is 1.50 bits per heavy atom. The molecule has 0 saturated carbocycles. The molecule has 7 heteroatoms. The van der Waals surface area contributed by atoms with Crippen molar-refractivity contribution in [1.29, 1.82) is 0 Å². The first-order valence-corrected chi connectivity index (χ1v) is 7.53. The fourth-order valence-electron chi connectivity index (χ4n) is 1.74. The Morgan fingerprint density at radius 2 is 2.17 bits per heavy atom. The first-order valence-electron chi connectivity index (χ1n) is 5.81. The van der Waals surface area contributed by atoms with Crippen LogP contribution in [-0.4, -0.2) is 38.5 Å². The van der Waals surface area contributed by atoms with Crippen LogP contribution < -0.4 is 11.1 Å². The third-order valence-electron chi connectivity index (χ3n) is 2.74. The van der Waals surface area contributed by atoms with Crippen LogP contribution in [0.5, 0.6) is 0 Å². The van der Waals surface area contributed by atoms with Crippen LogP contribution in [0.3, 0.4) is 0 Å². The highest BCUT2D eigenvalue weighted by Crippen LogP contribution is 2.18. The van der Waals surface area contributed by atoms with E-state index >= 15 is 0 Å². The molecule has 3 N–H and O–H groups in total. The Balaban J connectivity index is 0.00000289. The van der Waals surface area contributed by atoms with Crippen LogP contribution in [0.15, 0.2) is 17.1 Å². The van der Waals surface area contributed by atoms with Crippen LogP contribution >= 0.6 is 24.0 Å². The van der Waals surface area contributed by atoms with Gasteiger partial charge in [0.15, 0.2) is 15.8 Å². The van der Waals surface area contributed by atoms with Gasteiger partial charge in [0.05, 0.1) is 17.5 Å². The summed E-state index contributed by atoms with van der Waals surface area (Å²) < 4.78 is 23.5. The van der Waals surface area contributed by atoms with Gasteiger partial charge in [-0.2, -0.15) is 0 Å². The summed E-state index contributed by atoms with van der Waals surface area (Å²) in [6.07, 6.45) is 2.45. The molecule has 0 aromatic carbocycles. The molecule has 1 heterocycles. The molecular weight excluding hydrogens is 365 g/mol. The topological polar surface area (TPSA) is 84.5 Å². The quantitative estimate of drug-likeness (QED) is 0.327. The molecule has 18 heavy (non-hydrogen) atoms. The van der Waals surface area contributed by atoms with Crippen molar-refractivity contribution in [2.45, 2.75) is 31.4 Å². The minimum Gasteiger partial charge on any atom is -0.370 e. The Labute approximate surface area is 126 Å². The van der Waals surface area contributed by atoms with Crippen molar-refractivity contribution in [2.75, 3.05) is 18.8 Å². The Hall–Kier alpha value is -0.310. The zero-order valence-electron chi connectivity index (χ0n) is 10.7. The Morgan fingerprint density at radius 3 is 2.72 bits per heavy atom. The molecule has 1 atom stereocenters. The van der Waals surface area contributed by atoms with E-state index in [0.29, 0.717) is 25.3 Å². The van der Waals surface area contributed by atoms with Gasteiger partial charge in [-0.25, -0.2) is 13.4 Å². The molecule has 5 nitrogen and oxygen atoms in total. The van der Waals surface area contributed by atoms with E-state index in [2.05, 4.69) is 16.9 Å². The second kappa shape index (κ2) is 7.98. The molecule has 1 aliphatic heterocycles. The Bertz CT molecular complexity index is 407. The van der Waals surface area contributed by atoms with E-state index in [1.165, 1.54) is 0 Å². The summed E-state index contributed by atoms with van der Waals surface area (Å²) in [6, 6.07) is 0. The molecule has 0 aromatic heterocycles.